The fraction of sp³-hybridized carbons (Fsp3) is 0.818. The minimum atomic E-state index is -1.61. The number of nitrogens with one attached hydrogen (secondary N) is 10. The first-order valence-electron chi connectivity index (χ1n) is 35.1. The molecular formula is C66H120N14O14. The number of nitrogens with zero attached hydrogens (tertiary/aromatic N) is 2. The molecule has 2 rings (SSSR count). The summed E-state index contributed by atoms with van der Waals surface area (Å²) in [5, 5.41) is 28.5. The van der Waals surface area contributed by atoms with Gasteiger partial charge in [-0.25, -0.2) is 0 Å². The number of unbranched alkanes of at least 4 members (excludes halogenated alkanes) is 7. The minimum absolute atomic E-state index is 0.0724. The number of amides is 8. The summed E-state index contributed by atoms with van der Waals surface area (Å²) >= 11 is 0. The van der Waals surface area contributed by atoms with E-state index < -0.39 is 151 Å². The van der Waals surface area contributed by atoms with Crippen molar-refractivity contribution >= 4 is 70.4 Å². The third-order valence-electron chi connectivity index (χ3n) is 16.7. The number of nitrogens with two attached hydrogens (primary N) is 2. The lowest BCUT2D eigenvalue weighted by Gasteiger charge is -2.27. The molecule has 0 aromatic carbocycles. The molecule has 2 saturated heterocycles. The summed E-state index contributed by atoms with van der Waals surface area (Å²) in [6.07, 6.45) is 3.34. The average molecular weight is 1330 g/mol. The maximum absolute atomic E-state index is 14.8. The first-order chi connectivity index (χ1) is 45.4. The second-order valence-corrected chi connectivity index (χ2v) is 24.7. The Morgan fingerprint density at radius 3 is 1.24 bits per heavy atom. The Labute approximate surface area is 558 Å². The van der Waals surface area contributed by atoms with Gasteiger partial charge in [-0.05, 0) is 25.7 Å². The standard InChI is InChI=1S/C66H120N14O14/c1-5-9-12-14-19-71-61(87)48-56(58(84)44-51(64(90)76-26-24-70-22-17-68)41-55(82)42-52(65(91)74-18-11-7-3)46-60(86)72-25-23-69-21-16-67)78-62(88)47-53(66(92)75-20-15-13-10-6-2)43-57(83)50(45-59(85)73-27-29-79-31-35-93-36-32-79)40-54(81)39-49(8-4)63(89)77-28-30-80-33-37-94-38-34-80/h49-53,56,69-70H,5-48,67-68H2,1-4H3,(H,71,87)(H,72,86)(H,73,85)(H,74,91)(H,75,92)(H,76,90)(H,77,89)(H,78,88). The number of hydrogen-bond acceptors (Lipinski definition) is 20. The van der Waals surface area contributed by atoms with Crippen LogP contribution in [0.3, 0.4) is 0 Å². The zero-order valence-corrected chi connectivity index (χ0v) is 57.3. The quantitative estimate of drug-likeness (QED) is 0.0347. The van der Waals surface area contributed by atoms with Crippen LogP contribution in [0.2, 0.25) is 0 Å². The van der Waals surface area contributed by atoms with Crippen LogP contribution < -0.4 is 64.6 Å². The molecule has 8 amide bonds. The molecule has 0 spiro atoms. The number of Topliss-reactive ketones (excluding diaryl/α,β-unsaturated/α-hetero) is 4. The Balaban J connectivity index is 2.56. The lowest BCUT2D eigenvalue weighted by molar-refractivity contribution is -0.138. The van der Waals surface area contributed by atoms with Crippen LogP contribution in [-0.2, 0) is 67.0 Å². The van der Waals surface area contributed by atoms with E-state index in [-0.39, 0.29) is 58.0 Å². The van der Waals surface area contributed by atoms with Crippen LogP contribution in [0.4, 0.5) is 0 Å². The molecule has 538 valence electrons. The van der Waals surface area contributed by atoms with E-state index in [2.05, 4.69) is 63.0 Å². The van der Waals surface area contributed by atoms with Gasteiger partial charge in [0.1, 0.15) is 17.3 Å². The average Bonchev–Trinajstić information content (AvgIpc) is 1.20. The van der Waals surface area contributed by atoms with E-state index in [0.29, 0.717) is 124 Å². The molecule has 2 heterocycles. The topological polar surface area (TPSA) is 402 Å². The van der Waals surface area contributed by atoms with Crippen molar-refractivity contribution in [3.05, 3.63) is 0 Å². The Morgan fingerprint density at radius 2 is 0.723 bits per heavy atom. The highest BCUT2D eigenvalue weighted by Gasteiger charge is 2.36. The van der Waals surface area contributed by atoms with Crippen molar-refractivity contribution < 1.29 is 67.0 Å². The Kier molecular flexibility index (Phi) is 47.7. The highest BCUT2D eigenvalue weighted by atomic mass is 16.5. The Bertz CT molecular complexity index is 2250. The molecule has 0 radical (unpaired) electrons. The summed E-state index contributed by atoms with van der Waals surface area (Å²) < 4.78 is 10.9. The van der Waals surface area contributed by atoms with Crippen molar-refractivity contribution in [3.63, 3.8) is 0 Å². The van der Waals surface area contributed by atoms with E-state index in [9.17, 15) is 57.5 Å². The van der Waals surface area contributed by atoms with E-state index in [1.54, 1.807) is 6.92 Å². The predicted octanol–water partition coefficient (Wildman–Crippen LogP) is -0.325. The zero-order valence-electron chi connectivity index (χ0n) is 57.3. The van der Waals surface area contributed by atoms with Gasteiger partial charge < -0.3 is 74.1 Å². The zero-order chi connectivity index (χ0) is 69.1. The molecule has 0 aromatic heterocycles. The molecule has 0 aromatic rings. The van der Waals surface area contributed by atoms with Gasteiger partial charge in [0.25, 0.3) is 0 Å². The SMILES string of the molecule is CCCCCCNC(=O)CC(NC(=O)CC(CC(=O)C(CC(=O)CC(CC)C(=O)NCCN1CCOCC1)CC(=O)NCCN1CCOCC1)C(=O)NCCCCCC)C(=O)CC(CC(=O)CC(CC(=O)NCCNCCN)C(=O)NCCCC)C(=O)NCCNCCN. The van der Waals surface area contributed by atoms with Crippen LogP contribution in [0.5, 0.6) is 0 Å². The van der Waals surface area contributed by atoms with Crippen molar-refractivity contribution in [2.24, 2.45) is 41.1 Å². The summed E-state index contributed by atoms with van der Waals surface area (Å²) in [7, 11) is 0. The third-order valence-corrected chi connectivity index (χ3v) is 16.7. The summed E-state index contributed by atoms with van der Waals surface area (Å²) in [4.78, 5) is 173. The Morgan fingerprint density at radius 1 is 0.351 bits per heavy atom. The maximum atomic E-state index is 14.8. The molecule has 94 heavy (non-hydrogen) atoms. The minimum Gasteiger partial charge on any atom is -0.379 e. The molecule has 2 aliphatic rings. The van der Waals surface area contributed by atoms with Gasteiger partial charge in [0.05, 0.1) is 56.6 Å². The summed E-state index contributed by atoms with van der Waals surface area (Å²) in [6.45, 7) is 18.1. The monoisotopic (exact) mass is 1330 g/mol. The van der Waals surface area contributed by atoms with Crippen LogP contribution in [-0.4, -0.2) is 237 Å². The second-order valence-electron chi connectivity index (χ2n) is 24.7. The highest BCUT2D eigenvalue weighted by Crippen LogP contribution is 2.24. The van der Waals surface area contributed by atoms with E-state index >= 15 is 0 Å². The van der Waals surface area contributed by atoms with Crippen molar-refractivity contribution in [2.75, 3.05) is 151 Å². The van der Waals surface area contributed by atoms with Crippen LogP contribution in [0.15, 0.2) is 0 Å². The molecule has 0 aliphatic carbocycles. The molecule has 2 aliphatic heterocycles. The lowest BCUT2D eigenvalue weighted by atomic mass is 9.84. The normalized spacial score (nSPS) is 15.4. The van der Waals surface area contributed by atoms with Gasteiger partial charge in [-0.2, -0.15) is 0 Å². The first kappa shape index (κ1) is 84.2. The van der Waals surface area contributed by atoms with E-state index in [1.807, 2.05) is 20.8 Å². The largest absolute Gasteiger partial charge is 0.379 e. The van der Waals surface area contributed by atoms with Gasteiger partial charge >= 0.3 is 0 Å². The molecule has 2 fully saturated rings. The van der Waals surface area contributed by atoms with Gasteiger partial charge in [0.15, 0.2) is 5.78 Å². The molecule has 0 bridgehead atoms. The van der Waals surface area contributed by atoms with E-state index in [0.717, 1.165) is 58.0 Å². The van der Waals surface area contributed by atoms with Gasteiger partial charge in [-0.1, -0.05) is 72.6 Å². The van der Waals surface area contributed by atoms with Crippen LogP contribution in [0.25, 0.3) is 0 Å². The van der Waals surface area contributed by atoms with Gasteiger partial charge in [0.2, 0.25) is 47.3 Å². The number of carbonyl (C=O) groups excluding carboxylic acids is 12. The van der Waals surface area contributed by atoms with E-state index in [4.69, 9.17) is 20.9 Å². The fourth-order valence-electron chi connectivity index (χ4n) is 11.0. The van der Waals surface area contributed by atoms with Gasteiger partial charge in [0, 0.05) is 194 Å². The first-order valence-corrected chi connectivity index (χ1v) is 35.1. The van der Waals surface area contributed by atoms with Crippen molar-refractivity contribution in [1.82, 2.24) is 63.0 Å². The third kappa shape index (κ3) is 39.9. The Hall–Kier alpha value is -5.88. The number of ether oxygens (including phenoxy) is 2. The van der Waals surface area contributed by atoms with Gasteiger partial charge in [-0.3, -0.25) is 67.3 Å². The maximum Gasteiger partial charge on any atom is 0.224 e. The lowest BCUT2D eigenvalue weighted by Crippen LogP contribution is -2.47. The van der Waals surface area contributed by atoms with Crippen LogP contribution >= 0.6 is 0 Å². The summed E-state index contributed by atoms with van der Waals surface area (Å²) in [5.41, 5.74) is 11.2. The van der Waals surface area contributed by atoms with Crippen molar-refractivity contribution in [2.45, 2.75) is 169 Å². The fourth-order valence-corrected chi connectivity index (χ4v) is 11.0. The predicted molar refractivity (Wildman–Crippen MR) is 358 cm³/mol. The van der Waals surface area contributed by atoms with Crippen LogP contribution in [0.1, 0.15) is 163 Å². The number of rotatable bonds is 57. The number of carbonyl (C=O) groups is 12. The van der Waals surface area contributed by atoms with Gasteiger partial charge in [-0.15, -0.1) is 0 Å². The van der Waals surface area contributed by atoms with E-state index in [1.165, 1.54) is 0 Å². The number of ketones is 4. The smallest absolute Gasteiger partial charge is 0.224 e. The molecular weight excluding hydrogens is 1210 g/mol. The summed E-state index contributed by atoms with van der Waals surface area (Å²) in [6, 6.07) is -1.61. The molecule has 6 unspecified atom stereocenters. The number of hydrogen-bond donors (Lipinski definition) is 12. The molecule has 28 heteroatoms. The molecule has 0 saturated carbocycles. The second kappa shape index (κ2) is 53.3. The number of morpholine rings is 2. The van der Waals surface area contributed by atoms with Crippen molar-refractivity contribution in [3.8, 4) is 0 Å². The molecule has 28 nitrogen and oxygen atoms in total. The highest BCUT2D eigenvalue weighted by molar-refractivity contribution is 5.99. The molecule has 14 N–H and O–H groups in total. The summed E-state index contributed by atoms with van der Waals surface area (Å²) in [5.74, 6) is -13.1. The van der Waals surface area contributed by atoms with Crippen LogP contribution in [0, 0.1) is 29.6 Å². The molecule has 6 atom stereocenters. The van der Waals surface area contributed by atoms with Crippen molar-refractivity contribution in [1.29, 1.82) is 0 Å².